The Morgan fingerprint density at radius 3 is 2.64 bits per heavy atom. The summed E-state index contributed by atoms with van der Waals surface area (Å²) in [5.74, 6) is -0.274. The van der Waals surface area contributed by atoms with Crippen molar-refractivity contribution in [2.45, 2.75) is 12.8 Å². The van der Waals surface area contributed by atoms with Gasteiger partial charge in [-0.3, -0.25) is 9.89 Å². The van der Waals surface area contributed by atoms with Crippen LogP contribution >= 0.6 is 11.3 Å². The molecule has 0 unspecified atom stereocenters. The molecule has 0 saturated heterocycles. The van der Waals surface area contributed by atoms with E-state index in [4.69, 9.17) is 0 Å². The van der Waals surface area contributed by atoms with Gasteiger partial charge in [-0.15, -0.1) is 24.5 Å². The van der Waals surface area contributed by atoms with Gasteiger partial charge in [0.1, 0.15) is 5.75 Å². The Bertz CT molecular complexity index is 842. The predicted octanol–water partition coefficient (Wildman–Crippen LogP) is 4.22. The molecule has 0 radical (unpaired) electrons. The minimum absolute atomic E-state index is 0.00743. The second-order valence-corrected chi connectivity index (χ2v) is 6.01. The quantitative estimate of drug-likeness (QED) is 0.710. The number of carbonyl (C=O) groups is 1. The van der Waals surface area contributed by atoms with E-state index in [2.05, 4.69) is 20.3 Å². The van der Waals surface area contributed by atoms with E-state index >= 15 is 0 Å². The number of thiophene rings is 1. The third-order valence-electron chi connectivity index (χ3n) is 3.15. The van der Waals surface area contributed by atoms with Gasteiger partial charge < -0.3 is 10.1 Å². The Balaban J connectivity index is 1.57. The molecule has 0 atom stereocenters. The maximum absolute atomic E-state index is 12.1. The molecular weight excluding hydrogens is 355 g/mol. The molecule has 0 saturated carbocycles. The van der Waals surface area contributed by atoms with Crippen molar-refractivity contribution in [1.82, 2.24) is 10.2 Å². The fraction of sp³-hybridized carbons (Fsp3) is 0.125. The molecule has 25 heavy (non-hydrogen) atoms. The molecule has 1 amide bonds. The lowest BCUT2D eigenvalue weighted by molar-refractivity contribution is -0.274. The molecule has 2 aromatic heterocycles. The van der Waals surface area contributed by atoms with Gasteiger partial charge >= 0.3 is 6.36 Å². The number of anilines is 1. The summed E-state index contributed by atoms with van der Waals surface area (Å²) in [6.45, 7) is 0. The minimum Gasteiger partial charge on any atom is -0.406 e. The number of rotatable bonds is 5. The summed E-state index contributed by atoms with van der Waals surface area (Å²) in [6, 6.07) is 10.7. The number of aromatic nitrogens is 2. The van der Waals surface area contributed by atoms with E-state index in [-0.39, 0.29) is 18.1 Å². The van der Waals surface area contributed by atoms with E-state index in [0.29, 0.717) is 11.4 Å². The predicted molar refractivity (Wildman–Crippen MR) is 87.4 cm³/mol. The highest BCUT2D eigenvalue weighted by molar-refractivity contribution is 7.13. The van der Waals surface area contributed by atoms with Crippen LogP contribution in [0.1, 0.15) is 5.56 Å². The molecule has 2 heterocycles. The van der Waals surface area contributed by atoms with Crippen molar-refractivity contribution >= 4 is 23.1 Å². The Hall–Kier alpha value is -2.81. The summed E-state index contributed by atoms with van der Waals surface area (Å²) in [6.07, 6.45) is -4.73. The van der Waals surface area contributed by atoms with E-state index in [1.165, 1.54) is 24.3 Å². The number of nitrogens with zero attached hydrogens (tertiary/aromatic N) is 1. The summed E-state index contributed by atoms with van der Waals surface area (Å²) in [5, 5.41) is 11.4. The Labute approximate surface area is 144 Å². The van der Waals surface area contributed by atoms with Gasteiger partial charge in [-0.05, 0) is 29.1 Å². The zero-order valence-electron chi connectivity index (χ0n) is 12.6. The first-order valence-corrected chi connectivity index (χ1v) is 8.01. The van der Waals surface area contributed by atoms with E-state index in [1.807, 2.05) is 17.5 Å². The van der Waals surface area contributed by atoms with Crippen molar-refractivity contribution in [3.8, 4) is 16.3 Å². The average molecular weight is 367 g/mol. The molecule has 0 aliphatic heterocycles. The van der Waals surface area contributed by atoms with Crippen LogP contribution < -0.4 is 10.1 Å². The third-order valence-corrected chi connectivity index (χ3v) is 4.06. The summed E-state index contributed by atoms with van der Waals surface area (Å²) in [5.41, 5.74) is 1.35. The standard InChI is InChI=1S/C16H12F3N3O2S/c17-16(18,19)24-11-5-3-10(4-6-11)8-15(23)20-14-9-12(21-22-14)13-2-1-7-25-13/h1-7,9H,8H2,(H2,20,21,22,23). The maximum atomic E-state index is 12.1. The van der Waals surface area contributed by atoms with Gasteiger partial charge in [0, 0.05) is 6.07 Å². The fourth-order valence-electron chi connectivity index (χ4n) is 2.13. The molecule has 2 N–H and O–H groups in total. The van der Waals surface area contributed by atoms with Crippen LogP contribution in [0.3, 0.4) is 0 Å². The molecule has 130 valence electrons. The highest BCUT2D eigenvalue weighted by Gasteiger charge is 2.30. The lowest BCUT2D eigenvalue weighted by Gasteiger charge is -2.09. The largest absolute Gasteiger partial charge is 0.573 e. The van der Waals surface area contributed by atoms with Gasteiger partial charge in [0.2, 0.25) is 5.91 Å². The van der Waals surface area contributed by atoms with Crippen LogP contribution in [0, 0.1) is 0 Å². The van der Waals surface area contributed by atoms with E-state index in [1.54, 1.807) is 17.4 Å². The topological polar surface area (TPSA) is 67.0 Å². The number of halogens is 3. The summed E-state index contributed by atoms with van der Waals surface area (Å²) in [7, 11) is 0. The van der Waals surface area contributed by atoms with Crippen LogP contribution in [0.5, 0.6) is 5.75 Å². The number of nitrogens with one attached hydrogen (secondary N) is 2. The summed E-state index contributed by atoms with van der Waals surface area (Å²) >= 11 is 1.54. The number of ether oxygens (including phenoxy) is 1. The number of alkyl halides is 3. The van der Waals surface area contributed by atoms with Gasteiger partial charge in [0.05, 0.1) is 17.0 Å². The van der Waals surface area contributed by atoms with Crippen LogP contribution in [0.4, 0.5) is 19.0 Å². The number of benzene rings is 1. The van der Waals surface area contributed by atoms with Crippen molar-refractivity contribution in [3.63, 3.8) is 0 Å². The van der Waals surface area contributed by atoms with Crippen molar-refractivity contribution < 1.29 is 22.7 Å². The normalized spacial score (nSPS) is 11.3. The maximum Gasteiger partial charge on any atom is 0.573 e. The average Bonchev–Trinajstić information content (AvgIpc) is 3.18. The van der Waals surface area contributed by atoms with Crippen LogP contribution in [0.15, 0.2) is 47.8 Å². The third kappa shape index (κ3) is 4.83. The SMILES string of the molecule is O=C(Cc1ccc(OC(F)(F)F)cc1)Nc1cc(-c2cccs2)[nH]n1. The van der Waals surface area contributed by atoms with E-state index in [9.17, 15) is 18.0 Å². The lowest BCUT2D eigenvalue weighted by Crippen LogP contribution is -2.17. The van der Waals surface area contributed by atoms with Crippen LogP contribution in [-0.4, -0.2) is 22.5 Å². The van der Waals surface area contributed by atoms with E-state index in [0.717, 1.165) is 10.6 Å². The molecule has 9 heteroatoms. The Morgan fingerprint density at radius 2 is 2.00 bits per heavy atom. The fourth-order valence-corrected chi connectivity index (χ4v) is 2.82. The smallest absolute Gasteiger partial charge is 0.406 e. The van der Waals surface area contributed by atoms with Crippen molar-refractivity contribution in [2.75, 3.05) is 5.32 Å². The monoisotopic (exact) mass is 367 g/mol. The van der Waals surface area contributed by atoms with Gasteiger partial charge in [0.25, 0.3) is 0 Å². The first-order valence-electron chi connectivity index (χ1n) is 7.13. The molecule has 3 rings (SSSR count). The first kappa shape index (κ1) is 17.0. The highest BCUT2D eigenvalue weighted by atomic mass is 32.1. The minimum atomic E-state index is -4.74. The molecular formula is C16H12F3N3O2S. The van der Waals surface area contributed by atoms with Gasteiger partial charge in [-0.1, -0.05) is 18.2 Å². The lowest BCUT2D eigenvalue weighted by atomic mass is 10.1. The number of H-pyrrole nitrogens is 1. The molecule has 3 aromatic rings. The number of aromatic amines is 1. The second-order valence-electron chi connectivity index (χ2n) is 5.06. The zero-order valence-corrected chi connectivity index (χ0v) is 13.4. The number of hydrogen-bond acceptors (Lipinski definition) is 4. The van der Waals surface area contributed by atoms with E-state index < -0.39 is 6.36 Å². The zero-order chi connectivity index (χ0) is 17.9. The van der Waals surface area contributed by atoms with Crippen LogP contribution in [0.25, 0.3) is 10.6 Å². The van der Waals surface area contributed by atoms with Crippen LogP contribution in [-0.2, 0) is 11.2 Å². The Morgan fingerprint density at radius 1 is 1.24 bits per heavy atom. The van der Waals surface area contributed by atoms with Crippen molar-refractivity contribution in [3.05, 3.63) is 53.4 Å². The molecule has 0 bridgehead atoms. The number of amides is 1. The Kier molecular flexibility index (Phi) is 4.75. The molecule has 5 nitrogen and oxygen atoms in total. The van der Waals surface area contributed by atoms with Gasteiger partial charge in [0.15, 0.2) is 5.82 Å². The molecule has 1 aromatic carbocycles. The van der Waals surface area contributed by atoms with Gasteiger partial charge in [-0.2, -0.15) is 5.10 Å². The highest BCUT2D eigenvalue weighted by Crippen LogP contribution is 2.25. The van der Waals surface area contributed by atoms with Gasteiger partial charge in [-0.25, -0.2) is 0 Å². The van der Waals surface area contributed by atoms with Crippen molar-refractivity contribution in [2.24, 2.45) is 0 Å². The number of hydrogen-bond donors (Lipinski definition) is 2. The summed E-state index contributed by atoms with van der Waals surface area (Å²) in [4.78, 5) is 13.0. The molecule has 0 aliphatic rings. The summed E-state index contributed by atoms with van der Waals surface area (Å²) < 4.78 is 40.1. The second kappa shape index (κ2) is 6.98. The molecule has 0 spiro atoms. The molecule has 0 fully saturated rings. The van der Waals surface area contributed by atoms with Crippen molar-refractivity contribution in [1.29, 1.82) is 0 Å². The molecule has 0 aliphatic carbocycles. The number of carbonyl (C=O) groups excluding carboxylic acids is 1. The van der Waals surface area contributed by atoms with Crippen LogP contribution in [0.2, 0.25) is 0 Å². The first-order chi connectivity index (χ1) is 11.9.